The van der Waals surface area contributed by atoms with Gasteiger partial charge < -0.3 is 29.2 Å². The molecule has 6 rings (SSSR count). The zero-order chi connectivity index (χ0) is 31.3. The number of pyridine rings is 1. The van der Waals surface area contributed by atoms with Crippen LogP contribution in [0.3, 0.4) is 0 Å². The van der Waals surface area contributed by atoms with Crippen LogP contribution in [-0.4, -0.2) is 72.4 Å². The number of esters is 1. The summed E-state index contributed by atoms with van der Waals surface area (Å²) >= 11 is 0. The normalized spacial score (nSPS) is 28.7. The highest BCUT2D eigenvalue weighted by atomic mass is 16.6. The number of para-hydroxylation sites is 1. The van der Waals surface area contributed by atoms with Crippen LogP contribution in [0.15, 0.2) is 36.4 Å². The van der Waals surface area contributed by atoms with Crippen molar-refractivity contribution < 1.29 is 33.3 Å². The fourth-order valence-corrected chi connectivity index (χ4v) is 7.70. The summed E-state index contributed by atoms with van der Waals surface area (Å²) in [6.45, 7) is 2.61. The number of carbonyl (C=O) groups is 3. The van der Waals surface area contributed by atoms with E-state index in [4.69, 9.17) is 23.9 Å². The summed E-state index contributed by atoms with van der Waals surface area (Å²) in [7, 11) is 1.33. The van der Waals surface area contributed by atoms with Crippen LogP contribution in [0.4, 0.5) is 4.79 Å². The molecule has 45 heavy (non-hydrogen) atoms. The van der Waals surface area contributed by atoms with Gasteiger partial charge in [0.25, 0.3) is 0 Å². The number of rotatable bonds is 4. The molecule has 2 saturated carbocycles. The first-order valence-corrected chi connectivity index (χ1v) is 16.7. The van der Waals surface area contributed by atoms with Gasteiger partial charge in [-0.15, -0.1) is 0 Å². The van der Waals surface area contributed by atoms with Crippen LogP contribution in [0.1, 0.15) is 76.7 Å². The summed E-state index contributed by atoms with van der Waals surface area (Å²) in [5.41, 5.74) is 1.59. The number of methoxy groups -OCH3 is 1. The molecule has 0 spiro atoms. The lowest BCUT2D eigenvalue weighted by Gasteiger charge is -2.31. The summed E-state index contributed by atoms with van der Waals surface area (Å²) in [5, 5.41) is 3.87. The second-order valence-electron chi connectivity index (χ2n) is 12.7. The number of nitrogens with one attached hydrogen (secondary N) is 1. The Kier molecular flexibility index (Phi) is 9.76. The van der Waals surface area contributed by atoms with Crippen molar-refractivity contribution in [2.75, 3.05) is 20.3 Å². The molecule has 1 N–H and O–H groups in total. The molecule has 3 heterocycles. The number of benzene rings is 1. The molecule has 10 nitrogen and oxygen atoms in total. The van der Waals surface area contributed by atoms with Gasteiger partial charge in [0, 0.05) is 11.8 Å². The van der Waals surface area contributed by atoms with Gasteiger partial charge in [0.2, 0.25) is 11.8 Å². The fourth-order valence-electron chi connectivity index (χ4n) is 7.70. The summed E-state index contributed by atoms with van der Waals surface area (Å²) in [6, 6.07) is 6.21. The lowest BCUT2D eigenvalue weighted by molar-refractivity contribution is -0.152. The number of hydrogen-bond donors (Lipinski definition) is 1. The largest absolute Gasteiger partial charge is 0.493 e. The molecule has 242 valence electrons. The Morgan fingerprint density at radius 1 is 1.02 bits per heavy atom. The first kappa shape index (κ1) is 31.2. The molecule has 3 fully saturated rings. The highest BCUT2D eigenvalue weighted by molar-refractivity contribution is 5.91. The van der Waals surface area contributed by atoms with Crippen molar-refractivity contribution in [3.63, 3.8) is 0 Å². The minimum absolute atomic E-state index is 0.0269. The fraction of sp³-hybridized carbons (Fsp3) is 0.600. The van der Waals surface area contributed by atoms with E-state index in [1.165, 1.54) is 12.0 Å². The van der Waals surface area contributed by atoms with E-state index >= 15 is 0 Å². The van der Waals surface area contributed by atoms with E-state index in [0.717, 1.165) is 80.0 Å². The van der Waals surface area contributed by atoms with E-state index in [0.29, 0.717) is 18.9 Å². The maximum absolute atomic E-state index is 14.3. The number of carbonyl (C=O) groups excluding carboxylic acids is 3. The lowest BCUT2D eigenvalue weighted by Crippen LogP contribution is -2.55. The second-order valence-corrected chi connectivity index (χ2v) is 12.7. The molecule has 2 amide bonds. The maximum Gasteiger partial charge on any atom is 0.408 e. The predicted octanol–water partition coefficient (Wildman–Crippen LogP) is 5.50. The summed E-state index contributed by atoms with van der Waals surface area (Å²) < 4.78 is 23.9. The Balaban J connectivity index is 1.39. The molecular weight excluding hydrogens is 574 g/mol. The van der Waals surface area contributed by atoms with Crippen molar-refractivity contribution in [1.29, 1.82) is 0 Å². The number of fused-ring (bicyclic) bond motifs is 5. The molecule has 2 aromatic rings. The van der Waals surface area contributed by atoms with Gasteiger partial charge in [-0.1, -0.05) is 37.1 Å². The van der Waals surface area contributed by atoms with Gasteiger partial charge in [-0.3, -0.25) is 4.79 Å². The topological polar surface area (TPSA) is 116 Å². The smallest absolute Gasteiger partial charge is 0.408 e. The van der Waals surface area contributed by atoms with Gasteiger partial charge >= 0.3 is 12.1 Å². The summed E-state index contributed by atoms with van der Waals surface area (Å²) in [6.07, 6.45) is 12.1. The van der Waals surface area contributed by atoms with E-state index in [2.05, 4.69) is 17.5 Å². The Morgan fingerprint density at radius 3 is 2.62 bits per heavy atom. The van der Waals surface area contributed by atoms with E-state index in [1.54, 1.807) is 0 Å². The Hall–Kier alpha value is -3.82. The lowest BCUT2D eigenvalue weighted by atomic mass is 9.96. The SMILES string of the molecule is CCOc1c2c(nc3ccccc13)O[C@@H]1C[C@@H](C(=O)OC)N(C1)C(=O)[C@H](C1CCCC1)NC(=O)O[C@@H]1CCC[C@H]1CC/C=C\C2. The first-order chi connectivity index (χ1) is 22.0. The van der Waals surface area contributed by atoms with Crippen molar-refractivity contribution in [2.24, 2.45) is 11.8 Å². The predicted molar refractivity (Wildman–Crippen MR) is 168 cm³/mol. The zero-order valence-electron chi connectivity index (χ0n) is 26.4. The van der Waals surface area contributed by atoms with Gasteiger partial charge in [-0.05, 0) is 82.3 Å². The molecule has 2 aliphatic heterocycles. The number of nitrogens with zero attached hydrogens (tertiary/aromatic N) is 2. The highest BCUT2D eigenvalue weighted by Crippen LogP contribution is 2.38. The van der Waals surface area contributed by atoms with Crippen LogP contribution in [0.25, 0.3) is 10.9 Å². The molecule has 1 saturated heterocycles. The number of amides is 2. The van der Waals surface area contributed by atoms with Crippen molar-refractivity contribution >= 4 is 28.9 Å². The maximum atomic E-state index is 14.3. The standard InChI is InChI=1S/C35H45N3O7/c1-3-43-31-25-16-9-10-18-27(25)36-32-26(31)17-6-4-5-12-22-15-11-19-29(22)45-35(41)37-30(23-13-7-8-14-23)33(39)38-21-24(44-32)20-28(38)34(40)42-2/h4,6,9-10,16,18,22-24,28-30H,3,5,7-8,11-15,17,19-21H2,1-2H3,(H,37,41)/b6-4-/t22-,24-,28+,29-,30+/m1/s1. The number of ether oxygens (including phenoxy) is 4. The molecule has 2 aliphatic carbocycles. The first-order valence-electron chi connectivity index (χ1n) is 16.7. The third-order valence-electron chi connectivity index (χ3n) is 9.94. The Labute approximate surface area is 264 Å². The summed E-state index contributed by atoms with van der Waals surface area (Å²) in [5.74, 6) is 0.612. The Morgan fingerprint density at radius 2 is 1.82 bits per heavy atom. The molecule has 0 unspecified atom stereocenters. The molecule has 0 radical (unpaired) electrons. The van der Waals surface area contributed by atoms with Gasteiger partial charge in [-0.2, -0.15) is 0 Å². The van der Waals surface area contributed by atoms with E-state index in [1.807, 2.05) is 31.2 Å². The van der Waals surface area contributed by atoms with Crippen LogP contribution >= 0.6 is 0 Å². The molecule has 5 atom stereocenters. The van der Waals surface area contributed by atoms with Crippen LogP contribution in [-0.2, 0) is 25.5 Å². The van der Waals surface area contributed by atoms with E-state index < -0.39 is 30.3 Å². The van der Waals surface area contributed by atoms with E-state index in [9.17, 15) is 14.4 Å². The molecular formula is C35H45N3O7. The zero-order valence-corrected chi connectivity index (χ0v) is 26.4. The van der Waals surface area contributed by atoms with Crippen molar-refractivity contribution in [3.05, 3.63) is 42.0 Å². The van der Waals surface area contributed by atoms with Gasteiger partial charge in [-0.25, -0.2) is 14.6 Å². The van der Waals surface area contributed by atoms with Crippen LogP contribution in [0, 0.1) is 11.8 Å². The average Bonchev–Trinajstić information content (AvgIpc) is 3.82. The van der Waals surface area contributed by atoms with Gasteiger partial charge in [0.1, 0.15) is 30.0 Å². The Bertz CT molecular complexity index is 1420. The van der Waals surface area contributed by atoms with Crippen LogP contribution in [0.5, 0.6) is 11.6 Å². The van der Waals surface area contributed by atoms with Gasteiger partial charge in [0.15, 0.2) is 0 Å². The number of hydrogen-bond acceptors (Lipinski definition) is 8. The van der Waals surface area contributed by atoms with Gasteiger partial charge in [0.05, 0.1) is 31.3 Å². The molecule has 10 heteroatoms. The molecule has 2 bridgehead atoms. The molecule has 4 aliphatic rings. The minimum Gasteiger partial charge on any atom is -0.493 e. The number of aromatic nitrogens is 1. The molecule has 1 aromatic carbocycles. The van der Waals surface area contributed by atoms with E-state index in [-0.39, 0.29) is 36.8 Å². The second kappa shape index (κ2) is 14.1. The minimum atomic E-state index is -0.842. The number of allylic oxidation sites excluding steroid dienone is 2. The quantitative estimate of drug-likeness (QED) is 0.352. The number of alkyl carbamates (subject to hydrolysis) is 1. The monoisotopic (exact) mass is 619 g/mol. The van der Waals surface area contributed by atoms with Crippen molar-refractivity contribution in [3.8, 4) is 11.6 Å². The third-order valence-corrected chi connectivity index (χ3v) is 9.94. The van der Waals surface area contributed by atoms with Crippen LogP contribution in [0.2, 0.25) is 0 Å². The molecule has 1 aromatic heterocycles. The summed E-state index contributed by atoms with van der Waals surface area (Å²) in [4.78, 5) is 47.1. The third kappa shape index (κ3) is 6.75. The van der Waals surface area contributed by atoms with Crippen molar-refractivity contribution in [1.82, 2.24) is 15.2 Å². The average molecular weight is 620 g/mol. The van der Waals surface area contributed by atoms with Crippen LogP contribution < -0.4 is 14.8 Å². The van der Waals surface area contributed by atoms with Crippen molar-refractivity contribution in [2.45, 2.75) is 102 Å². The highest BCUT2D eigenvalue weighted by Gasteiger charge is 2.46.